The maximum Gasteiger partial charge on any atom is 0.307 e. The molecule has 2 aromatic carbocycles. The van der Waals surface area contributed by atoms with Gasteiger partial charge in [-0.05, 0) is 17.7 Å². The third-order valence-corrected chi connectivity index (χ3v) is 3.72. The van der Waals surface area contributed by atoms with Crippen LogP contribution in [0.4, 0.5) is 5.69 Å². The van der Waals surface area contributed by atoms with Gasteiger partial charge in [0.15, 0.2) is 0 Å². The van der Waals surface area contributed by atoms with Crippen molar-refractivity contribution in [3.05, 3.63) is 54.3 Å². The topological polar surface area (TPSA) is 53.7 Å². The largest absolute Gasteiger partial charge is 0.481 e. The fourth-order valence-electron chi connectivity index (χ4n) is 2.58. The number of carbonyl (C=O) groups is 1. The Kier molecular flexibility index (Phi) is 3.59. The Hall–Kier alpha value is -2.75. The zero-order chi connectivity index (χ0) is 15.7. The van der Waals surface area contributed by atoms with E-state index in [9.17, 15) is 4.79 Å². The average molecular weight is 295 g/mol. The molecule has 0 fully saturated rings. The number of aliphatic carboxylic acids is 1. The molecule has 1 N–H and O–H groups in total. The first-order chi connectivity index (χ1) is 10.6. The van der Waals surface area contributed by atoms with Crippen LogP contribution in [-0.2, 0) is 11.2 Å². The van der Waals surface area contributed by atoms with Crippen molar-refractivity contribution in [1.29, 1.82) is 0 Å². The Morgan fingerprint density at radius 2 is 1.86 bits per heavy atom. The predicted octanol–water partition coefficient (Wildman–Crippen LogP) is 3.79. The molecular formula is C18H17NO3. The molecule has 0 amide bonds. The van der Waals surface area contributed by atoms with Crippen molar-refractivity contribution in [3.8, 4) is 11.1 Å². The number of furan rings is 1. The third kappa shape index (κ3) is 2.55. The lowest BCUT2D eigenvalue weighted by molar-refractivity contribution is -0.136. The zero-order valence-electron chi connectivity index (χ0n) is 12.5. The van der Waals surface area contributed by atoms with Crippen molar-refractivity contribution < 1.29 is 14.3 Å². The second-order valence-electron chi connectivity index (χ2n) is 5.46. The van der Waals surface area contributed by atoms with E-state index in [1.54, 1.807) is 12.3 Å². The number of para-hydroxylation sites is 1. The maximum atomic E-state index is 10.9. The standard InChI is InChI=1S/C18H17NO3/c1-19(2)14-8-6-12(7-9-14)16-11-22-18-13(10-17(20)21)4-3-5-15(16)18/h3-9,11H,10H2,1-2H3,(H,20,21). The van der Waals surface area contributed by atoms with E-state index in [0.29, 0.717) is 11.1 Å². The molecule has 3 aromatic rings. The van der Waals surface area contributed by atoms with Crippen LogP contribution in [0.1, 0.15) is 5.56 Å². The summed E-state index contributed by atoms with van der Waals surface area (Å²) in [6, 6.07) is 13.8. The van der Waals surface area contributed by atoms with Gasteiger partial charge in [0.05, 0.1) is 12.7 Å². The lowest BCUT2D eigenvalue weighted by Crippen LogP contribution is -2.07. The van der Waals surface area contributed by atoms with Crippen LogP contribution in [0.3, 0.4) is 0 Å². The molecule has 0 bridgehead atoms. The molecule has 3 rings (SSSR count). The molecule has 1 aromatic heterocycles. The average Bonchev–Trinajstić information content (AvgIpc) is 2.92. The molecule has 0 saturated carbocycles. The van der Waals surface area contributed by atoms with Crippen LogP contribution in [0.5, 0.6) is 0 Å². The Morgan fingerprint density at radius 3 is 2.50 bits per heavy atom. The maximum absolute atomic E-state index is 10.9. The molecule has 22 heavy (non-hydrogen) atoms. The highest BCUT2D eigenvalue weighted by molar-refractivity contribution is 5.96. The number of benzene rings is 2. The lowest BCUT2D eigenvalue weighted by Gasteiger charge is -2.12. The van der Waals surface area contributed by atoms with E-state index in [-0.39, 0.29) is 6.42 Å². The van der Waals surface area contributed by atoms with Crippen molar-refractivity contribution in [2.75, 3.05) is 19.0 Å². The number of carboxylic acid groups (broad SMARTS) is 1. The Labute approximate surface area is 128 Å². The first-order valence-corrected chi connectivity index (χ1v) is 7.05. The first kappa shape index (κ1) is 14.2. The van der Waals surface area contributed by atoms with Gasteiger partial charge < -0.3 is 14.4 Å². The van der Waals surface area contributed by atoms with Gasteiger partial charge in [-0.15, -0.1) is 0 Å². The van der Waals surface area contributed by atoms with Gasteiger partial charge in [0.1, 0.15) is 5.58 Å². The van der Waals surface area contributed by atoms with Crippen LogP contribution in [0.25, 0.3) is 22.1 Å². The van der Waals surface area contributed by atoms with Crippen LogP contribution in [0.2, 0.25) is 0 Å². The van der Waals surface area contributed by atoms with E-state index in [1.165, 1.54) is 0 Å². The summed E-state index contributed by atoms with van der Waals surface area (Å²) in [6.45, 7) is 0. The van der Waals surface area contributed by atoms with Gasteiger partial charge in [0, 0.05) is 36.3 Å². The molecule has 0 aliphatic heterocycles. The van der Waals surface area contributed by atoms with Gasteiger partial charge in [0.25, 0.3) is 0 Å². The van der Waals surface area contributed by atoms with E-state index in [0.717, 1.165) is 22.2 Å². The molecule has 4 heteroatoms. The number of hydrogen-bond donors (Lipinski definition) is 1. The Morgan fingerprint density at radius 1 is 1.14 bits per heavy atom. The minimum atomic E-state index is -0.860. The molecule has 1 heterocycles. The summed E-state index contributed by atoms with van der Waals surface area (Å²) in [7, 11) is 4.00. The summed E-state index contributed by atoms with van der Waals surface area (Å²) in [4.78, 5) is 13.0. The van der Waals surface area contributed by atoms with Gasteiger partial charge >= 0.3 is 5.97 Å². The van der Waals surface area contributed by atoms with Crippen LogP contribution < -0.4 is 4.90 Å². The summed E-state index contributed by atoms with van der Waals surface area (Å²) >= 11 is 0. The Bertz CT molecular complexity index is 816. The molecule has 0 aliphatic rings. The third-order valence-electron chi connectivity index (χ3n) is 3.72. The molecule has 0 aliphatic carbocycles. The molecular weight excluding hydrogens is 278 g/mol. The predicted molar refractivity (Wildman–Crippen MR) is 87.3 cm³/mol. The van der Waals surface area contributed by atoms with Gasteiger partial charge in [-0.2, -0.15) is 0 Å². The number of nitrogens with zero attached hydrogens (tertiary/aromatic N) is 1. The fourth-order valence-corrected chi connectivity index (χ4v) is 2.58. The summed E-state index contributed by atoms with van der Waals surface area (Å²) in [5.74, 6) is -0.860. The zero-order valence-corrected chi connectivity index (χ0v) is 12.5. The smallest absolute Gasteiger partial charge is 0.307 e. The molecule has 0 saturated heterocycles. The second-order valence-corrected chi connectivity index (χ2v) is 5.46. The minimum absolute atomic E-state index is 0.0378. The summed E-state index contributed by atoms with van der Waals surface area (Å²) < 4.78 is 5.64. The van der Waals surface area contributed by atoms with Crippen molar-refractivity contribution in [2.45, 2.75) is 6.42 Å². The SMILES string of the molecule is CN(C)c1ccc(-c2coc3c(CC(=O)O)cccc23)cc1. The molecule has 4 nitrogen and oxygen atoms in total. The number of anilines is 1. The van der Waals surface area contributed by atoms with Crippen LogP contribution in [0.15, 0.2) is 53.1 Å². The van der Waals surface area contributed by atoms with Crippen molar-refractivity contribution in [1.82, 2.24) is 0 Å². The number of fused-ring (bicyclic) bond motifs is 1. The molecule has 0 radical (unpaired) electrons. The van der Waals surface area contributed by atoms with E-state index >= 15 is 0 Å². The lowest BCUT2D eigenvalue weighted by atomic mass is 10.0. The number of carboxylic acids is 1. The summed E-state index contributed by atoms with van der Waals surface area (Å²) in [5, 5.41) is 9.93. The fraction of sp³-hybridized carbons (Fsp3) is 0.167. The molecule has 0 atom stereocenters. The highest BCUT2D eigenvalue weighted by Gasteiger charge is 2.13. The van der Waals surface area contributed by atoms with Crippen LogP contribution in [-0.4, -0.2) is 25.2 Å². The minimum Gasteiger partial charge on any atom is -0.481 e. The highest BCUT2D eigenvalue weighted by atomic mass is 16.4. The van der Waals surface area contributed by atoms with Gasteiger partial charge in [-0.3, -0.25) is 4.79 Å². The quantitative estimate of drug-likeness (QED) is 0.795. The molecule has 112 valence electrons. The van der Waals surface area contributed by atoms with Gasteiger partial charge in [-0.25, -0.2) is 0 Å². The summed E-state index contributed by atoms with van der Waals surface area (Å²) in [6.07, 6.45) is 1.66. The number of hydrogen-bond acceptors (Lipinski definition) is 3. The van der Waals surface area contributed by atoms with Crippen molar-refractivity contribution in [3.63, 3.8) is 0 Å². The second kappa shape index (κ2) is 5.56. The monoisotopic (exact) mass is 295 g/mol. The van der Waals surface area contributed by atoms with Gasteiger partial charge in [-0.1, -0.05) is 30.3 Å². The van der Waals surface area contributed by atoms with E-state index in [2.05, 4.69) is 12.1 Å². The van der Waals surface area contributed by atoms with Gasteiger partial charge in [0.2, 0.25) is 0 Å². The van der Waals surface area contributed by atoms with E-state index < -0.39 is 5.97 Å². The summed E-state index contributed by atoms with van der Waals surface area (Å²) in [5.41, 5.74) is 4.50. The normalized spacial score (nSPS) is 10.8. The van der Waals surface area contributed by atoms with Crippen molar-refractivity contribution in [2.24, 2.45) is 0 Å². The van der Waals surface area contributed by atoms with E-state index in [1.807, 2.05) is 43.3 Å². The molecule has 0 unspecified atom stereocenters. The first-order valence-electron chi connectivity index (χ1n) is 7.05. The highest BCUT2D eigenvalue weighted by Crippen LogP contribution is 2.33. The van der Waals surface area contributed by atoms with E-state index in [4.69, 9.17) is 9.52 Å². The number of rotatable bonds is 4. The Balaban J connectivity index is 2.06. The molecule has 0 spiro atoms. The van der Waals surface area contributed by atoms with Crippen LogP contribution in [0, 0.1) is 0 Å². The van der Waals surface area contributed by atoms with Crippen LogP contribution >= 0.6 is 0 Å². The van der Waals surface area contributed by atoms with Crippen molar-refractivity contribution >= 4 is 22.6 Å².